The predicted octanol–water partition coefficient (Wildman–Crippen LogP) is 14.5. The SMILES string of the molecule is c1ccc(-c2cc(-c3ccc(-c4cccc(-c5cc6c(-c7ccccc7)nc7ccccc7c6c6c5sc5ccccc56)c4)cc3)nc(-c3ccccc3)n2)cc1. The molecule has 0 bridgehead atoms. The first-order valence-corrected chi connectivity index (χ1v) is 20.0. The first kappa shape index (κ1) is 33.1. The van der Waals surface area contributed by atoms with Gasteiger partial charge in [0.2, 0.25) is 0 Å². The summed E-state index contributed by atoms with van der Waals surface area (Å²) < 4.78 is 2.57. The minimum atomic E-state index is 0.713. The van der Waals surface area contributed by atoms with E-state index in [2.05, 4.69) is 164 Å². The van der Waals surface area contributed by atoms with Crippen molar-refractivity contribution >= 4 is 53.2 Å². The standard InChI is InChI=1S/C53H33N3S/c1-4-15-35(16-5-1)46-33-47(56-53(55-46)38-19-8-3-9-20-38)36-29-27-34(28-30-36)39-21-14-22-40(31-39)43-32-44-49(50-42-24-11-13-26-48(42)57-52(43)50)41-23-10-12-25-45(41)54-51(44)37-17-6-2-7-18-37/h1-33H. The molecule has 0 aliphatic rings. The Morgan fingerprint density at radius 1 is 0.333 bits per heavy atom. The van der Waals surface area contributed by atoms with E-state index in [-0.39, 0.29) is 0 Å². The molecule has 0 unspecified atom stereocenters. The number of hydrogen-bond acceptors (Lipinski definition) is 4. The summed E-state index contributed by atoms with van der Waals surface area (Å²) in [6.45, 7) is 0. The Balaban J connectivity index is 1.06. The molecule has 0 saturated carbocycles. The van der Waals surface area contributed by atoms with E-state index in [4.69, 9.17) is 15.0 Å². The van der Waals surface area contributed by atoms with E-state index in [0.717, 1.165) is 61.4 Å². The Bertz CT molecular complexity index is 3210. The average Bonchev–Trinajstić information content (AvgIpc) is 3.69. The third-order valence-electron chi connectivity index (χ3n) is 10.9. The van der Waals surface area contributed by atoms with Gasteiger partial charge in [0.15, 0.2) is 5.82 Å². The van der Waals surface area contributed by atoms with Crippen molar-refractivity contribution < 1.29 is 0 Å². The lowest BCUT2D eigenvalue weighted by molar-refractivity contribution is 1.18. The fraction of sp³-hybridized carbons (Fsp3) is 0. The Morgan fingerprint density at radius 2 is 0.895 bits per heavy atom. The summed E-state index contributed by atoms with van der Waals surface area (Å²) in [5, 5.41) is 6.18. The van der Waals surface area contributed by atoms with E-state index >= 15 is 0 Å². The van der Waals surface area contributed by atoms with Crippen LogP contribution in [0.3, 0.4) is 0 Å². The maximum atomic E-state index is 5.32. The number of para-hydroxylation sites is 1. The number of hydrogen-bond donors (Lipinski definition) is 0. The summed E-state index contributed by atoms with van der Waals surface area (Å²) in [5.74, 6) is 0.713. The molecule has 11 rings (SSSR count). The molecular weight excluding hydrogens is 711 g/mol. The zero-order valence-corrected chi connectivity index (χ0v) is 31.6. The van der Waals surface area contributed by atoms with Gasteiger partial charge in [0.1, 0.15) is 0 Å². The molecule has 8 aromatic carbocycles. The van der Waals surface area contributed by atoms with Gasteiger partial charge in [-0.25, -0.2) is 15.0 Å². The second-order valence-electron chi connectivity index (χ2n) is 14.3. The van der Waals surface area contributed by atoms with E-state index in [0.29, 0.717) is 5.82 Å². The van der Waals surface area contributed by atoms with Gasteiger partial charge < -0.3 is 0 Å². The first-order chi connectivity index (χ1) is 28.2. The summed E-state index contributed by atoms with van der Waals surface area (Å²) in [6.07, 6.45) is 0. The molecule has 3 heterocycles. The summed E-state index contributed by atoms with van der Waals surface area (Å²) >= 11 is 1.88. The van der Waals surface area contributed by atoms with Crippen LogP contribution in [0.5, 0.6) is 0 Å². The van der Waals surface area contributed by atoms with Crippen LogP contribution in [0.25, 0.3) is 109 Å². The second kappa shape index (κ2) is 13.8. The van der Waals surface area contributed by atoms with Crippen LogP contribution in [0, 0.1) is 0 Å². The van der Waals surface area contributed by atoms with Gasteiger partial charge in [-0.3, -0.25) is 0 Å². The molecule has 0 atom stereocenters. The Labute approximate surface area is 334 Å². The number of nitrogens with zero attached hydrogens (tertiary/aromatic N) is 3. The van der Waals surface area contributed by atoms with Crippen LogP contribution in [0.1, 0.15) is 0 Å². The lowest BCUT2D eigenvalue weighted by Crippen LogP contribution is -1.95. The van der Waals surface area contributed by atoms with E-state index < -0.39 is 0 Å². The van der Waals surface area contributed by atoms with E-state index in [1.54, 1.807) is 0 Å². The van der Waals surface area contributed by atoms with Gasteiger partial charge >= 0.3 is 0 Å². The number of benzene rings is 8. The summed E-state index contributed by atoms with van der Waals surface area (Å²) in [6, 6.07) is 70.8. The van der Waals surface area contributed by atoms with Gasteiger partial charge in [-0.05, 0) is 47.0 Å². The van der Waals surface area contributed by atoms with Crippen molar-refractivity contribution in [3.05, 3.63) is 200 Å². The molecule has 0 N–H and O–H groups in total. The second-order valence-corrected chi connectivity index (χ2v) is 15.4. The smallest absolute Gasteiger partial charge is 0.160 e. The normalized spacial score (nSPS) is 11.5. The topological polar surface area (TPSA) is 38.7 Å². The summed E-state index contributed by atoms with van der Waals surface area (Å²) in [7, 11) is 0. The minimum Gasteiger partial charge on any atom is -0.247 e. The molecule has 0 fully saturated rings. The number of aromatic nitrogens is 3. The van der Waals surface area contributed by atoms with E-state index in [1.807, 2.05) is 47.7 Å². The lowest BCUT2D eigenvalue weighted by Gasteiger charge is -2.15. The van der Waals surface area contributed by atoms with Gasteiger partial charge in [-0.1, -0.05) is 170 Å². The van der Waals surface area contributed by atoms with Crippen molar-refractivity contribution in [3.8, 4) is 67.4 Å². The summed E-state index contributed by atoms with van der Waals surface area (Å²) in [5.41, 5.74) is 12.7. The third-order valence-corrected chi connectivity index (χ3v) is 12.1. The van der Waals surface area contributed by atoms with Crippen molar-refractivity contribution in [1.29, 1.82) is 0 Å². The minimum absolute atomic E-state index is 0.713. The van der Waals surface area contributed by atoms with Crippen LogP contribution in [-0.2, 0) is 0 Å². The van der Waals surface area contributed by atoms with Crippen LogP contribution in [0.15, 0.2) is 200 Å². The van der Waals surface area contributed by atoms with Crippen LogP contribution in [0.2, 0.25) is 0 Å². The molecule has 11 aromatic rings. The fourth-order valence-electron chi connectivity index (χ4n) is 8.13. The number of thiophene rings is 1. The molecule has 0 aliphatic heterocycles. The van der Waals surface area contributed by atoms with Crippen LogP contribution in [-0.4, -0.2) is 15.0 Å². The highest BCUT2D eigenvalue weighted by Gasteiger charge is 2.20. The molecule has 0 aliphatic carbocycles. The molecule has 4 heteroatoms. The molecule has 0 radical (unpaired) electrons. The Morgan fingerprint density at radius 3 is 1.63 bits per heavy atom. The fourth-order valence-corrected chi connectivity index (χ4v) is 9.38. The maximum absolute atomic E-state index is 5.32. The first-order valence-electron chi connectivity index (χ1n) is 19.2. The van der Waals surface area contributed by atoms with Crippen molar-refractivity contribution in [2.45, 2.75) is 0 Å². The molecule has 0 saturated heterocycles. The predicted molar refractivity (Wildman–Crippen MR) is 240 cm³/mol. The number of rotatable bonds is 6. The monoisotopic (exact) mass is 743 g/mol. The maximum Gasteiger partial charge on any atom is 0.160 e. The van der Waals surface area contributed by atoms with Crippen LogP contribution in [0.4, 0.5) is 0 Å². The van der Waals surface area contributed by atoms with Gasteiger partial charge in [-0.2, -0.15) is 0 Å². The largest absolute Gasteiger partial charge is 0.247 e. The molecule has 266 valence electrons. The Hall–Kier alpha value is -7.27. The molecule has 0 spiro atoms. The molecule has 57 heavy (non-hydrogen) atoms. The third kappa shape index (κ3) is 5.86. The van der Waals surface area contributed by atoms with Gasteiger partial charge in [0.05, 0.1) is 22.6 Å². The average molecular weight is 744 g/mol. The zero-order chi connectivity index (χ0) is 37.7. The number of fused-ring (bicyclic) bond motifs is 7. The molecule has 0 amide bonds. The van der Waals surface area contributed by atoms with E-state index in [9.17, 15) is 0 Å². The summed E-state index contributed by atoms with van der Waals surface area (Å²) in [4.78, 5) is 15.4. The van der Waals surface area contributed by atoms with Crippen LogP contribution >= 0.6 is 11.3 Å². The van der Waals surface area contributed by atoms with Gasteiger partial charge in [-0.15, -0.1) is 11.3 Å². The van der Waals surface area contributed by atoms with Crippen molar-refractivity contribution in [1.82, 2.24) is 15.0 Å². The van der Waals surface area contributed by atoms with Crippen molar-refractivity contribution in [2.75, 3.05) is 0 Å². The zero-order valence-electron chi connectivity index (χ0n) is 30.8. The van der Waals surface area contributed by atoms with Crippen molar-refractivity contribution in [2.24, 2.45) is 0 Å². The number of pyridine rings is 1. The quantitative estimate of drug-likeness (QED) is 0.159. The van der Waals surface area contributed by atoms with Crippen LogP contribution < -0.4 is 0 Å². The van der Waals surface area contributed by atoms with E-state index in [1.165, 1.54) is 42.1 Å². The molecule has 3 nitrogen and oxygen atoms in total. The van der Waals surface area contributed by atoms with Gasteiger partial charge in [0, 0.05) is 64.1 Å². The highest BCUT2D eigenvalue weighted by Crippen LogP contribution is 2.48. The Kier molecular flexibility index (Phi) is 8.01. The molecular formula is C53H33N3S. The molecule has 3 aromatic heterocycles. The van der Waals surface area contributed by atoms with Crippen molar-refractivity contribution in [3.63, 3.8) is 0 Å². The highest BCUT2D eigenvalue weighted by atomic mass is 32.1. The highest BCUT2D eigenvalue weighted by molar-refractivity contribution is 7.26. The lowest BCUT2D eigenvalue weighted by atomic mass is 9.91. The van der Waals surface area contributed by atoms with Gasteiger partial charge in [0.25, 0.3) is 0 Å².